The fraction of sp³-hybridized carbons (Fsp3) is 0.625. The molecule has 2 fully saturated rings. The second kappa shape index (κ2) is 5.98. The number of hydrogen-bond acceptors (Lipinski definition) is 6. The molecule has 6 nitrogen and oxygen atoms in total. The first kappa shape index (κ1) is 15.3. The molecular formula is C16H22N4O2S. The van der Waals surface area contributed by atoms with Gasteiger partial charge in [0, 0.05) is 18.0 Å². The second-order valence-corrected chi connectivity index (χ2v) is 7.68. The smallest absolute Gasteiger partial charge is 0.268 e. The number of aromatic amines is 1. The molecule has 0 aliphatic carbocycles. The Balaban J connectivity index is 1.52. The van der Waals surface area contributed by atoms with Gasteiger partial charge in [-0.05, 0) is 43.8 Å². The Hall–Kier alpha value is -1.28. The number of thiophene rings is 1. The van der Waals surface area contributed by atoms with Gasteiger partial charge in [-0.3, -0.25) is 9.69 Å². The van der Waals surface area contributed by atoms with E-state index in [0.717, 1.165) is 50.2 Å². The average molecular weight is 334 g/mol. The van der Waals surface area contributed by atoms with E-state index < -0.39 is 0 Å². The number of piperidine rings is 2. The van der Waals surface area contributed by atoms with Gasteiger partial charge in [0.15, 0.2) is 0 Å². The summed E-state index contributed by atoms with van der Waals surface area (Å²) >= 11 is 1.43. The summed E-state index contributed by atoms with van der Waals surface area (Å²) in [5, 5.41) is 15.3. The van der Waals surface area contributed by atoms with Crippen LogP contribution in [0.25, 0.3) is 10.2 Å². The van der Waals surface area contributed by atoms with E-state index in [9.17, 15) is 9.90 Å². The van der Waals surface area contributed by atoms with Crippen molar-refractivity contribution in [1.29, 1.82) is 0 Å². The third-order valence-electron chi connectivity index (χ3n) is 5.40. The minimum atomic E-state index is -0.0440. The second-order valence-electron chi connectivity index (χ2n) is 6.76. The molecule has 2 aromatic heterocycles. The lowest BCUT2D eigenvalue weighted by molar-refractivity contribution is -0.0156. The summed E-state index contributed by atoms with van der Waals surface area (Å²) in [5.41, 5.74) is 0.774. The molecule has 0 saturated carbocycles. The van der Waals surface area contributed by atoms with Crippen LogP contribution < -0.4 is 10.9 Å². The number of hydrogen-bond donors (Lipinski definition) is 3. The van der Waals surface area contributed by atoms with E-state index in [0.29, 0.717) is 17.3 Å². The Morgan fingerprint density at radius 1 is 1.48 bits per heavy atom. The van der Waals surface area contributed by atoms with Crippen LogP contribution >= 0.6 is 11.3 Å². The predicted molar refractivity (Wildman–Crippen MR) is 90.7 cm³/mol. The molecule has 124 valence electrons. The van der Waals surface area contributed by atoms with Crippen molar-refractivity contribution in [3.63, 3.8) is 0 Å². The number of nitrogens with one attached hydrogen (secondary N) is 2. The van der Waals surface area contributed by atoms with E-state index in [1.165, 1.54) is 11.3 Å². The fourth-order valence-corrected chi connectivity index (χ4v) is 4.74. The summed E-state index contributed by atoms with van der Waals surface area (Å²) in [7, 11) is 0. The molecule has 0 amide bonds. The third-order valence-corrected chi connectivity index (χ3v) is 6.30. The summed E-state index contributed by atoms with van der Waals surface area (Å²) in [6.45, 7) is 3.77. The van der Waals surface area contributed by atoms with E-state index in [-0.39, 0.29) is 17.6 Å². The summed E-state index contributed by atoms with van der Waals surface area (Å²) < 4.78 is 0.695. The van der Waals surface area contributed by atoms with Crippen LogP contribution in [0.4, 0.5) is 0 Å². The number of likely N-dealkylation sites (tertiary alicyclic amines) is 1. The number of fused-ring (bicyclic) bond motifs is 2. The van der Waals surface area contributed by atoms with Crippen molar-refractivity contribution >= 4 is 21.6 Å². The molecule has 2 aliphatic heterocycles. The molecule has 0 spiro atoms. The Labute approximate surface area is 138 Å². The van der Waals surface area contributed by atoms with E-state index in [1.807, 2.05) is 11.4 Å². The van der Waals surface area contributed by atoms with Crippen LogP contribution in [-0.4, -0.2) is 52.3 Å². The predicted octanol–water partition coefficient (Wildman–Crippen LogP) is 0.921. The minimum Gasteiger partial charge on any atom is -0.396 e. The Morgan fingerprint density at radius 2 is 2.39 bits per heavy atom. The van der Waals surface area contributed by atoms with Crippen molar-refractivity contribution in [2.75, 3.05) is 26.2 Å². The molecule has 0 bridgehead atoms. The first-order valence-corrected chi connectivity index (χ1v) is 9.11. The Kier molecular flexibility index (Phi) is 3.96. The maximum absolute atomic E-state index is 12.1. The highest BCUT2D eigenvalue weighted by Crippen LogP contribution is 2.38. The highest BCUT2D eigenvalue weighted by molar-refractivity contribution is 7.17. The van der Waals surface area contributed by atoms with Gasteiger partial charge in [0.1, 0.15) is 10.5 Å². The van der Waals surface area contributed by atoms with Crippen molar-refractivity contribution in [2.45, 2.75) is 31.8 Å². The molecule has 2 atom stereocenters. The zero-order valence-electron chi connectivity index (χ0n) is 13.0. The summed E-state index contributed by atoms with van der Waals surface area (Å²) in [5.74, 6) is 0.730. The third kappa shape index (κ3) is 2.71. The van der Waals surface area contributed by atoms with Crippen molar-refractivity contribution in [2.24, 2.45) is 5.41 Å². The molecule has 0 aromatic carbocycles. The van der Waals surface area contributed by atoms with Crippen molar-refractivity contribution < 1.29 is 5.11 Å². The normalized spacial score (nSPS) is 28.8. The molecule has 7 heteroatoms. The van der Waals surface area contributed by atoms with Crippen molar-refractivity contribution in [1.82, 2.24) is 20.2 Å². The Bertz CT molecular complexity index is 758. The molecule has 2 aromatic rings. The van der Waals surface area contributed by atoms with Gasteiger partial charge >= 0.3 is 0 Å². The lowest BCUT2D eigenvalue weighted by Crippen LogP contribution is -2.61. The van der Waals surface area contributed by atoms with E-state index >= 15 is 0 Å². The van der Waals surface area contributed by atoms with Gasteiger partial charge in [-0.2, -0.15) is 0 Å². The van der Waals surface area contributed by atoms with Gasteiger partial charge < -0.3 is 15.4 Å². The van der Waals surface area contributed by atoms with Crippen LogP contribution in [0.3, 0.4) is 0 Å². The van der Waals surface area contributed by atoms with Crippen molar-refractivity contribution in [3.8, 4) is 0 Å². The lowest BCUT2D eigenvalue weighted by Gasteiger charge is -2.50. The zero-order chi connectivity index (χ0) is 15.9. The summed E-state index contributed by atoms with van der Waals surface area (Å²) in [4.78, 5) is 21.9. The molecular weight excluding hydrogens is 312 g/mol. The molecule has 2 aliphatic rings. The lowest BCUT2D eigenvalue weighted by atomic mass is 9.70. The van der Waals surface area contributed by atoms with Gasteiger partial charge in [0.2, 0.25) is 0 Å². The molecule has 0 unspecified atom stereocenters. The quantitative estimate of drug-likeness (QED) is 0.778. The number of nitrogens with zero attached hydrogens (tertiary/aromatic N) is 2. The highest BCUT2D eigenvalue weighted by Gasteiger charge is 2.43. The van der Waals surface area contributed by atoms with E-state index in [4.69, 9.17) is 0 Å². The number of H-pyrrole nitrogens is 1. The zero-order valence-corrected chi connectivity index (χ0v) is 13.9. The van der Waals surface area contributed by atoms with Gasteiger partial charge in [-0.15, -0.1) is 11.3 Å². The number of aliphatic hydroxyl groups is 1. The molecule has 3 N–H and O–H groups in total. The van der Waals surface area contributed by atoms with Crippen LogP contribution in [0, 0.1) is 5.41 Å². The number of rotatable bonds is 3. The van der Waals surface area contributed by atoms with E-state index in [1.54, 1.807) is 0 Å². The number of aliphatic hydroxyl groups excluding tert-OH is 1. The monoisotopic (exact) mass is 334 g/mol. The van der Waals surface area contributed by atoms with Crippen LogP contribution in [0.2, 0.25) is 0 Å². The number of aromatic nitrogens is 2. The van der Waals surface area contributed by atoms with Gasteiger partial charge in [-0.25, -0.2) is 4.98 Å². The molecule has 0 radical (unpaired) electrons. The minimum absolute atomic E-state index is 0.0346. The molecule has 4 rings (SSSR count). The van der Waals surface area contributed by atoms with Crippen LogP contribution in [0.1, 0.15) is 25.1 Å². The summed E-state index contributed by atoms with van der Waals surface area (Å²) in [6.07, 6.45) is 3.23. The van der Waals surface area contributed by atoms with Gasteiger partial charge in [0.25, 0.3) is 5.56 Å². The van der Waals surface area contributed by atoms with Crippen LogP contribution in [-0.2, 0) is 6.54 Å². The molecule has 4 heterocycles. The SMILES string of the molecule is O=c1[nH]c(CN2CC[C@@]3(CO)CCCN[C@@H]3C2)nc2ccsc12. The van der Waals surface area contributed by atoms with Gasteiger partial charge in [0.05, 0.1) is 18.7 Å². The van der Waals surface area contributed by atoms with Crippen molar-refractivity contribution in [3.05, 3.63) is 27.6 Å². The molecule has 2 saturated heterocycles. The maximum atomic E-state index is 12.1. The fourth-order valence-electron chi connectivity index (χ4n) is 4.02. The Morgan fingerprint density at radius 3 is 3.26 bits per heavy atom. The topological polar surface area (TPSA) is 81.2 Å². The van der Waals surface area contributed by atoms with E-state index in [2.05, 4.69) is 20.2 Å². The summed E-state index contributed by atoms with van der Waals surface area (Å²) in [6, 6.07) is 2.22. The first-order chi connectivity index (χ1) is 11.2. The van der Waals surface area contributed by atoms with Crippen LogP contribution in [0.5, 0.6) is 0 Å². The van der Waals surface area contributed by atoms with Gasteiger partial charge in [-0.1, -0.05) is 0 Å². The first-order valence-electron chi connectivity index (χ1n) is 8.23. The maximum Gasteiger partial charge on any atom is 0.268 e. The average Bonchev–Trinajstić information content (AvgIpc) is 3.04. The standard InChI is InChI=1S/C16H22N4O2S/c21-10-16-3-1-5-17-12(16)8-20(6-4-16)9-13-18-11-2-7-23-14(11)15(22)19-13/h2,7,12,17,21H,1,3-6,8-10H2,(H,18,19,22)/t12-,16-/m1/s1. The largest absolute Gasteiger partial charge is 0.396 e. The highest BCUT2D eigenvalue weighted by atomic mass is 32.1. The molecule has 23 heavy (non-hydrogen) atoms. The van der Waals surface area contributed by atoms with Crippen LogP contribution in [0.15, 0.2) is 16.2 Å².